The van der Waals surface area contributed by atoms with Crippen molar-refractivity contribution in [3.63, 3.8) is 0 Å². The summed E-state index contributed by atoms with van der Waals surface area (Å²) in [5.41, 5.74) is -0.972. The summed E-state index contributed by atoms with van der Waals surface area (Å²) in [6, 6.07) is -0.627. The van der Waals surface area contributed by atoms with Crippen molar-refractivity contribution in [2.75, 3.05) is 26.8 Å². The van der Waals surface area contributed by atoms with Gasteiger partial charge in [0.05, 0.1) is 6.61 Å². The van der Waals surface area contributed by atoms with Crippen molar-refractivity contribution in [1.82, 2.24) is 15.5 Å². The number of esters is 1. The van der Waals surface area contributed by atoms with Gasteiger partial charge < -0.3 is 20.1 Å². The Morgan fingerprint density at radius 1 is 1.29 bits per heavy atom. The van der Waals surface area contributed by atoms with Gasteiger partial charge in [-0.1, -0.05) is 13.8 Å². The minimum absolute atomic E-state index is 0.291. The fourth-order valence-corrected chi connectivity index (χ4v) is 2.39. The molecule has 1 heterocycles. The third-order valence-corrected chi connectivity index (χ3v) is 4.02. The number of urea groups is 1. The number of nitrogens with one attached hydrogen (secondary N) is 2. The first-order chi connectivity index (χ1) is 11.3. The Labute approximate surface area is 141 Å². The number of amides is 4. The SMILES string of the molecule is CCC1(CC)NC(=O)N(CC(=O)O[C@@H](C)C(=O)NCCOC)C1=O. The van der Waals surface area contributed by atoms with Gasteiger partial charge in [0.15, 0.2) is 6.10 Å². The first-order valence-corrected chi connectivity index (χ1v) is 7.91. The summed E-state index contributed by atoms with van der Waals surface area (Å²) in [5.74, 6) is -1.75. The monoisotopic (exact) mass is 343 g/mol. The van der Waals surface area contributed by atoms with E-state index in [2.05, 4.69) is 10.6 Å². The first kappa shape index (κ1) is 19.9. The molecule has 0 unspecified atom stereocenters. The zero-order valence-electron chi connectivity index (χ0n) is 14.5. The number of nitrogens with zero attached hydrogens (tertiary/aromatic N) is 1. The van der Waals surface area contributed by atoms with Crippen molar-refractivity contribution < 1.29 is 28.7 Å². The van der Waals surface area contributed by atoms with Gasteiger partial charge in [-0.3, -0.25) is 19.3 Å². The summed E-state index contributed by atoms with van der Waals surface area (Å²) >= 11 is 0. The van der Waals surface area contributed by atoms with E-state index in [1.54, 1.807) is 13.8 Å². The van der Waals surface area contributed by atoms with Crippen LogP contribution < -0.4 is 10.6 Å². The van der Waals surface area contributed by atoms with Crippen molar-refractivity contribution in [2.45, 2.75) is 45.3 Å². The number of carbonyl (C=O) groups excluding carboxylic acids is 4. The molecule has 0 bridgehead atoms. The van der Waals surface area contributed by atoms with E-state index in [0.717, 1.165) is 4.90 Å². The molecule has 1 aliphatic heterocycles. The first-order valence-electron chi connectivity index (χ1n) is 7.91. The molecule has 9 nitrogen and oxygen atoms in total. The van der Waals surface area contributed by atoms with Crippen molar-refractivity contribution in [3.05, 3.63) is 0 Å². The summed E-state index contributed by atoms with van der Waals surface area (Å²) in [5, 5.41) is 5.15. The van der Waals surface area contributed by atoms with Gasteiger partial charge in [0.1, 0.15) is 12.1 Å². The van der Waals surface area contributed by atoms with Crippen LogP contribution in [0, 0.1) is 0 Å². The Morgan fingerprint density at radius 3 is 2.42 bits per heavy atom. The third-order valence-electron chi connectivity index (χ3n) is 4.02. The zero-order chi connectivity index (χ0) is 18.3. The number of imide groups is 1. The Kier molecular flexibility index (Phi) is 7.15. The maximum absolute atomic E-state index is 12.4. The van der Waals surface area contributed by atoms with E-state index in [9.17, 15) is 19.2 Å². The van der Waals surface area contributed by atoms with Gasteiger partial charge in [0.25, 0.3) is 11.8 Å². The Hall–Kier alpha value is -2.16. The second-order valence-corrected chi connectivity index (χ2v) is 5.53. The molecule has 0 saturated carbocycles. The number of rotatable bonds is 9. The van der Waals surface area contributed by atoms with Gasteiger partial charge in [-0.25, -0.2) is 4.79 Å². The van der Waals surface area contributed by atoms with Gasteiger partial charge in [0, 0.05) is 13.7 Å². The van der Waals surface area contributed by atoms with Crippen LogP contribution in [0.5, 0.6) is 0 Å². The molecule has 2 N–H and O–H groups in total. The van der Waals surface area contributed by atoms with Crippen LogP contribution in [-0.2, 0) is 23.9 Å². The normalized spacial score (nSPS) is 17.4. The molecule has 136 valence electrons. The van der Waals surface area contributed by atoms with Crippen molar-refractivity contribution >= 4 is 23.8 Å². The van der Waals surface area contributed by atoms with E-state index in [0.29, 0.717) is 26.0 Å². The third kappa shape index (κ3) is 4.44. The molecule has 4 amide bonds. The van der Waals surface area contributed by atoms with E-state index in [1.165, 1.54) is 14.0 Å². The lowest BCUT2D eigenvalue weighted by Gasteiger charge is -2.23. The maximum Gasteiger partial charge on any atom is 0.327 e. The molecule has 0 spiro atoms. The molecule has 1 atom stereocenters. The Bertz CT molecular complexity index is 503. The molecular weight excluding hydrogens is 318 g/mol. The summed E-state index contributed by atoms with van der Waals surface area (Å²) in [7, 11) is 1.50. The van der Waals surface area contributed by atoms with Crippen LogP contribution in [0.1, 0.15) is 33.6 Å². The molecule has 0 radical (unpaired) electrons. The van der Waals surface area contributed by atoms with Gasteiger partial charge in [-0.2, -0.15) is 0 Å². The minimum Gasteiger partial charge on any atom is -0.451 e. The fourth-order valence-electron chi connectivity index (χ4n) is 2.39. The highest BCUT2D eigenvalue weighted by Gasteiger charge is 2.49. The van der Waals surface area contributed by atoms with Crippen LogP contribution in [0.4, 0.5) is 4.79 Å². The second kappa shape index (κ2) is 8.62. The van der Waals surface area contributed by atoms with Crippen molar-refractivity contribution in [3.8, 4) is 0 Å². The van der Waals surface area contributed by atoms with Crippen molar-refractivity contribution in [2.24, 2.45) is 0 Å². The highest BCUT2D eigenvalue weighted by atomic mass is 16.5. The Morgan fingerprint density at radius 2 is 1.92 bits per heavy atom. The highest BCUT2D eigenvalue weighted by molar-refractivity contribution is 6.08. The van der Waals surface area contributed by atoms with Gasteiger partial charge in [0.2, 0.25) is 0 Å². The molecule has 0 aromatic rings. The van der Waals surface area contributed by atoms with Crippen LogP contribution in [0.3, 0.4) is 0 Å². The largest absolute Gasteiger partial charge is 0.451 e. The fraction of sp³-hybridized carbons (Fsp3) is 0.733. The molecule has 0 aliphatic carbocycles. The molecule has 1 aliphatic rings. The molecule has 9 heteroatoms. The maximum atomic E-state index is 12.4. The lowest BCUT2D eigenvalue weighted by molar-refractivity contribution is -0.156. The predicted octanol–water partition coefficient (Wildman–Crippen LogP) is -0.209. The number of ether oxygens (including phenoxy) is 2. The summed E-state index contributed by atoms with van der Waals surface area (Å²) in [6.07, 6.45) is -0.173. The van der Waals surface area contributed by atoms with Crippen LogP contribution >= 0.6 is 0 Å². The molecule has 24 heavy (non-hydrogen) atoms. The zero-order valence-corrected chi connectivity index (χ0v) is 14.5. The van der Waals surface area contributed by atoms with E-state index in [-0.39, 0.29) is 0 Å². The van der Waals surface area contributed by atoms with E-state index >= 15 is 0 Å². The average molecular weight is 343 g/mol. The predicted molar refractivity (Wildman–Crippen MR) is 84.0 cm³/mol. The smallest absolute Gasteiger partial charge is 0.327 e. The van der Waals surface area contributed by atoms with E-state index < -0.39 is 42.0 Å². The van der Waals surface area contributed by atoms with Crippen molar-refractivity contribution in [1.29, 1.82) is 0 Å². The molecule has 1 saturated heterocycles. The second-order valence-electron chi connectivity index (χ2n) is 5.53. The molecule has 1 rings (SSSR count). The lowest BCUT2D eigenvalue weighted by atomic mass is 9.93. The lowest BCUT2D eigenvalue weighted by Crippen LogP contribution is -2.46. The number of carbonyl (C=O) groups is 4. The average Bonchev–Trinajstić information content (AvgIpc) is 2.79. The molecule has 0 aromatic heterocycles. The number of hydrogen-bond acceptors (Lipinski definition) is 6. The van der Waals surface area contributed by atoms with Crippen LogP contribution in [0.2, 0.25) is 0 Å². The van der Waals surface area contributed by atoms with Crippen LogP contribution in [0.25, 0.3) is 0 Å². The molecule has 0 aromatic carbocycles. The summed E-state index contributed by atoms with van der Waals surface area (Å²) in [4.78, 5) is 48.8. The van der Waals surface area contributed by atoms with Crippen LogP contribution in [0.15, 0.2) is 0 Å². The number of hydrogen-bond donors (Lipinski definition) is 2. The van der Waals surface area contributed by atoms with E-state index in [1.807, 2.05) is 0 Å². The minimum atomic E-state index is -1.03. The van der Waals surface area contributed by atoms with Gasteiger partial charge in [-0.15, -0.1) is 0 Å². The molecule has 1 fully saturated rings. The van der Waals surface area contributed by atoms with Crippen LogP contribution in [-0.4, -0.2) is 67.2 Å². The summed E-state index contributed by atoms with van der Waals surface area (Å²) < 4.78 is 9.77. The Balaban J connectivity index is 2.57. The van der Waals surface area contributed by atoms with Gasteiger partial charge in [-0.05, 0) is 19.8 Å². The quantitative estimate of drug-likeness (QED) is 0.340. The highest BCUT2D eigenvalue weighted by Crippen LogP contribution is 2.24. The summed E-state index contributed by atoms with van der Waals surface area (Å²) in [6.45, 7) is 5.09. The molecular formula is C15H25N3O6. The number of methoxy groups -OCH3 is 1. The standard InChI is InChI=1S/C15H25N3O6/c1-5-15(6-2)13(21)18(14(22)17-15)9-11(19)24-10(3)12(20)16-7-8-23-4/h10H,5-9H2,1-4H3,(H,16,20)(H,17,22)/t10-/m0/s1. The topological polar surface area (TPSA) is 114 Å². The van der Waals surface area contributed by atoms with Gasteiger partial charge >= 0.3 is 12.0 Å². The van der Waals surface area contributed by atoms with E-state index in [4.69, 9.17) is 9.47 Å².